The third-order valence-corrected chi connectivity index (χ3v) is 24.7. The predicted octanol–water partition coefficient (Wildman–Crippen LogP) is 14.8. The van der Waals surface area contributed by atoms with E-state index < -0.39 is 11.8 Å². The lowest BCUT2D eigenvalue weighted by Gasteiger charge is -2.27. The molecule has 0 spiro atoms. The van der Waals surface area contributed by atoms with Crippen molar-refractivity contribution in [3.05, 3.63) is 382 Å². The van der Waals surface area contributed by atoms with Crippen molar-refractivity contribution in [1.29, 1.82) is 10.5 Å². The van der Waals surface area contributed by atoms with E-state index in [1.807, 2.05) is 211 Å². The zero-order chi connectivity index (χ0) is 97.3. The highest BCUT2D eigenvalue weighted by atomic mass is 16.5. The molecule has 0 bridgehead atoms. The van der Waals surface area contributed by atoms with Crippen LogP contribution in [0, 0.1) is 22.7 Å². The zero-order valence-electron chi connectivity index (χ0n) is 76.9. The van der Waals surface area contributed by atoms with Gasteiger partial charge in [-0.3, -0.25) is 59.1 Å². The van der Waals surface area contributed by atoms with Gasteiger partial charge in [0.1, 0.15) is 34.8 Å². The fraction of sp³-hybridized carbons (Fsp3) is 0.182. The van der Waals surface area contributed by atoms with Gasteiger partial charge in [0.15, 0.2) is 33.0 Å². The summed E-state index contributed by atoms with van der Waals surface area (Å²) in [6.07, 6.45) is 3.70. The normalized spacial score (nSPS) is 13.0. The minimum atomic E-state index is -0.534. The maximum atomic E-state index is 13.0. The summed E-state index contributed by atoms with van der Waals surface area (Å²) in [5.41, 5.74) is 34.7. The van der Waals surface area contributed by atoms with Crippen LogP contribution in [0.2, 0.25) is 0 Å². The molecule has 141 heavy (non-hydrogen) atoms. The summed E-state index contributed by atoms with van der Waals surface area (Å²) in [6, 6.07) is 98.4. The Labute approximate surface area is 812 Å². The Hall–Kier alpha value is -18.3. The number of nitrogens with one attached hydrogen (secondary N) is 5. The number of carbonyl (C=O) groups is 7. The predicted molar refractivity (Wildman–Crippen MR) is 527 cm³/mol. The van der Waals surface area contributed by atoms with E-state index in [0.29, 0.717) is 116 Å². The highest BCUT2D eigenvalue weighted by Gasteiger charge is 2.33. The number of primary amides is 2. The van der Waals surface area contributed by atoms with Crippen molar-refractivity contribution in [2.75, 3.05) is 65.8 Å². The van der Waals surface area contributed by atoms with Crippen LogP contribution >= 0.6 is 0 Å². The lowest BCUT2D eigenvalue weighted by Crippen LogP contribution is -2.38. The first-order valence-electron chi connectivity index (χ1n) is 46.1. The number of nitrogens with zero attached hydrogens (tertiary/aromatic N) is 12. The zero-order valence-corrected chi connectivity index (χ0v) is 76.9. The molecule has 0 atom stereocenters. The minimum absolute atomic E-state index is 0.0116. The Morgan fingerprint density at radius 2 is 0.567 bits per heavy atom. The molecule has 0 saturated heterocycles. The van der Waals surface area contributed by atoms with Crippen LogP contribution in [-0.4, -0.2) is 183 Å². The second-order valence-electron chi connectivity index (χ2n) is 33.6. The van der Waals surface area contributed by atoms with Gasteiger partial charge in [-0.05, 0) is 90.5 Å². The first kappa shape index (κ1) is 94.5. The van der Waals surface area contributed by atoms with Crippen LogP contribution in [0.25, 0.3) is 67.4 Å². The summed E-state index contributed by atoms with van der Waals surface area (Å²) < 4.78 is 28.3. The third kappa shape index (κ3) is 23.5. The summed E-state index contributed by atoms with van der Waals surface area (Å²) in [4.78, 5) is 94.8. The van der Waals surface area contributed by atoms with Crippen molar-refractivity contribution in [3.8, 4) is 108 Å². The van der Waals surface area contributed by atoms with Gasteiger partial charge in [-0.1, -0.05) is 218 Å². The number of para-hydroxylation sites is 2. The van der Waals surface area contributed by atoms with Crippen LogP contribution in [0.5, 0.6) is 28.7 Å². The van der Waals surface area contributed by atoms with E-state index >= 15 is 0 Å². The molecule has 0 aliphatic carbocycles. The summed E-state index contributed by atoms with van der Waals surface area (Å²) in [6.45, 7) is 5.40. The van der Waals surface area contributed by atoms with Crippen molar-refractivity contribution in [3.63, 3.8) is 0 Å². The van der Waals surface area contributed by atoms with Gasteiger partial charge in [-0.25, -0.2) is 0 Å². The van der Waals surface area contributed by atoms with Crippen LogP contribution < -0.4 is 35.2 Å². The number of amides is 7. The molecule has 5 aliphatic rings. The molecule has 5 aliphatic heterocycles. The Morgan fingerprint density at radius 3 is 0.894 bits per heavy atom. The van der Waals surface area contributed by atoms with E-state index in [4.69, 9.17) is 45.7 Å². The van der Waals surface area contributed by atoms with E-state index in [1.54, 1.807) is 111 Å². The fourth-order valence-corrected chi connectivity index (χ4v) is 17.1. The largest absolute Gasteiger partial charge is 0.484 e. The van der Waals surface area contributed by atoms with Crippen molar-refractivity contribution in [1.82, 2.24) is 75.5 Å². The minimum Gasteiger partial charge on any atom is -0.484 e. The standard InChI is InChI=1S/C26H23N3O2.2C21H20N4O3.2C21H18N4O2/c30-25(18-31-24-14-8-7-13-21(24)19-9-3-1-4-10-19)29-16-15-23-22(17-29)26(28-27-23)20-11-5-2-6-12-20;22-21(27)15-7-4-8-16(11-15)28-13-19(26)25-10-9-18-17(12-25)20(24-23-18)14-5-2-1-3-6-14;22-21(27)15-6-8-16(9-7-15)28-13-19(26)25-11-10-18-17(12-25)20(24-23-18)14-4-2-1-3-5-14;22-12-16-8-4-5-9-19(16)27-14-20(26)25-11-10-18-17(13-25)21(24-23-18)15-6-2-1-3-7-15;22-12-15-6-8-17(9-7-15)27-14-20(26)25-11-10-19-18(13-25)21(24-23-19)16-4-2-1-3-5-16/h1-14H,15-18H2,(H,27,28);1-8,11H,9-10,12-13H2,(H2,22,27)(H,23,24);1-9H,10-13H2,(H2,22,27)(H,23,24);2*1-9H,10-11,13-14H2,(H,23,24). The van der Waals surface area contributed by atoms with E-state index in [-0.39, 0.29) is 62.6 Å². The first-order chi connectivity index (χ1) is 69.0. The van der Waals surface area contributed by atoms with E-state index in [1.165, 1.54) is 6.07 Å². The molecule has 16 aromatic rings. The molecule has 5 aromatic heterocycles. The van der Waals surface area contributed by atoms with E-state index in [9.17, 15) is 33.6 Å². The molecule has 7 amide bonds. The number of rotatable bonds is 23. The molecule has 31 heteroatoms. The van der Waals surface area contributed by atoms with E-state index in [0.717, 1.165) is 156 Å². The quantitative estimate of drug-likeness (QED) is 0.0313. The average Bonchev–Trinajstić information content (AvgIpc) is 1.67. The molecule has 31 nitrogen and oxygen atoms in total. The van der Waals surface area contributed by atoms with Gasteiger partial charge in [0.05, 0.1) is 45.7 Å². The number of H-pyrrole nitrogens is 5. The summed E-state index contributed by atoms with van der Waals surface area (Å²) in [7, 11) is 0. The molecule has 0 fully saturated rings. The van der Waals surface area contributed by atoms with Crippen molar-refractivity contribution in [2.45, 2.75) is 64.8 Å². The highest BCUT2D eigenvalue weighted by Crippen LogP contribution is 2.37. The number of nitriles is 2. The number of ether oxygens (including phenoxy) is 5. The van der Waals surface area contributed by atoms with Gasteiger partial charge in [-0.2, -0.15) is 36.0 Å². The lowest BCUT2D eigenvalue weighted by atomic mass is 10.0. The molecule has 706 valence electrons. The Balaban J connectivity index is 0.000000122. The van der Waals surface area contributed by atoms with Gasteiger partial charge < -0.3 is 59.7 Å². The van der Waals surface area contributed by atoms with Crippen molar-refractivity contribution in [2.24, 2.45) is 11.5 Å². The topological polar surface area (TPSA) is 425 Å². The molecule has 9 N–H and O–H groups in total. The smallest absolute Gasteiger partial charge is 0.260 e. The van der Waals surface area contributed by atoms with Gasteiger partial charge in [0.25, 0.3) is 29.5 Å². The second-order valence-corrected chi connectivity index (χ2v) is 33.6. The lowest BCUT2D eigenvalue weighted by molar-refractivity contribution is -0.135. The highest BCUT2D eigenvalue weighted by molar-refractivity contribution is 5.94. The second kappa shape index (κ2) is 45.4. The third-order valence-electron chi connectivity index (χ3n) is 24.7. The van der Waals surface area contributed by atoms with Gasteiger partial charge >= 0.3 is 0 Å². The summed E-state index contributed by atoms with van der Waals surface area (Å²) in [5.74, 6) is 1.25. The number of hydrogen-bond donors (Lipinski definition) is 7. The molecule has 0 saturated carbocycles. The monoisotopic (exact) mass is 1880 g/mol. The van der Waals surface area contributed by atoms with E-state index in [2.05, 4.69) is 63.1 Å². The van der Waals surface area contributed by atoms with Gasteiger partial charge in [0, 0.05) is 198 Å². The van der Waals surface area contributed by atoms with Crippen molar-refractivity contribution < 1.29 is 57.2 Å². The maximum Gasteiger partial charge on any atom is 0.260 e. The molecular weight excluding hydrogens is 1780 g/mol. The van der Waals surface area contributed by atoms with Crippen molar-refractivity contribution >= 4 is 41.4 Å². The van der Waals surface area contributed by atoms with Crippen LogP contribution in [0.1, 0.15) is 88.1 Å². The number of nitrogens with two attached hydrogens (primary N) is 2. The molecule has 10 heterocycles. The number of aromatic nitrogens is 10. The van der Waals surface area contributed by atoms with Crippen LogP contribution in [0.4, 0.5) is 0 Å². The summed E-state index contributed by atoms with van der Waals surface area (Å²) >= 11 is 0. The Morgan fingerprint density at radius 1 is 0.284 bits per heavy atom. The van der Waals surface area contributed by atoms with Gasteiger partial charge in [-0.15, -0.1) is 0 Å². The number of benzene rings is 11. The molecule has 0 unspecified atom stereocenters. The number of carbonyl (C=O) groups excluding carboxylic acids is 7. The molecular formula is C110H99N19O12. The maximum absolute atomic E-state index is 13.0. The van der Waals surface area contributed by atoms with Crippen LogP contribution in [0.15, 0.2) is 303 Å². The molecule has 21 rings (SSSR count). The average molecular weight is 1880 g/mol. The van der Waals surface area contributed by atoms with Crippen LogP contribution in [-0.2, 0) is 88.8 Å². The summed E-state index contributed by atoms with van der Waals surface area (Å²) in [5, 5.41) is 55.8. The number of aromatic amines is 5. The Bertz CT molecular complexity index is 7160. The first-order valence-corrected chi connectivity index (χ1v) is 46.1. The van der Waals surface area contributed by atoms with Gasteiger partial charge in [0.2, 0.25) is 11.8 Å². The Kier molecular flexibility index (Phi) is 30.4. The molecule has 0 radical (unpaired) electrons. The number of fused-ring (bicyclic) bond motifs is 5. The van der Waals surface area contributed by atoms with Crippen LogP contribution in [0.3, 0.4) is 0 Å². The molecule has 11 aromatic carbocycles. The number of hydrogen-bond acceptors (Lipinski definition) is 19. The fourth-order valence-electron chi connectivity index (χ4n) is 17.1. The SMILES string of the molecule is N#Cc1ccc(OCC(=O)N2CCc3[nH]nc(-c4ccccc4)c3C2)cc1.N#Cc1ccccc1OCC(=O)N1CCc2[nH]nc(-c3ccccc3)c2C1.NC(=O)c1ccc(OCC(=O)N2CCc3[nH]nc(-c4ccccc4)c3C2)cc1.NC(=O)c1cccc(OCC(=O)N2CCc3[nH]nc(-c4ccccc4)c3C2)c1.O=C(COc1ccccc1-c1ccccc1)N1CCc2[nH]nc(-c3ccccc3)c2C1.